The van der Waals surface area contributed by atoms with Crippen LogP contribution in [0.3, 0.4) is 0 Å². The van der Waals surface area contributed by atoms with E-state index in [1.165, 1.54) is 17.4 Å². The highest BCUT2D eigenvalue weighted by Crippen LogP contribution is 2.40. The molecule has 2 N–H and O–H groups in total. The second-order valence-corrected chi connectivity index (χ2v) is 10.1. The normalized spacial score (nSPS) is 15.4. The molecule has 1 atom stereocenters. The Kier molecular flexibility index (Phi) is 6.05. The first-order chi connectivity index (χ1) is 16.3. The van der Waals surface area contributed by atoms with Gasteiger partial charge < -0.3 is 9.88 Å². The quantitative estimate of drug-likeness (QED) is 0.361. The second-order valence-electron chi connectivity index (χ2n) is 7.98. The summed E-state index contributed by atoms with van der Waals surface area (Å²) in [6.07, 6.45) is 1.75. The number of benzene rings is 2. The monoisotopic (exact) mass is 502 g/mol. The maximum atomic E-state index is 13.5. The smallest absolute Gasteiger partial charge is 0.350 e. The number of alkyl halides is 3. The van der Waals surface area contributed by atoms with Crippen LogP contribution in [0.25, 0.3) is 27.6 Å². The maximum Gasteiger partial charge on any atom is 0.416 e. The van der Waals surface area contributed by atoms with Gasteiger partial charge in [0.25, 0.3) is 0 Å². The summed E-state index contributed by atoms with van der Waals surface area (Å²) in [6, 6.07) is 9.44. The van der Waals surface area contributed by atoms with Crippen molar-refractivity contribution in [3.05, 3.63) is 71.4 Å². The van der Waals surface area contributed by atoms with Gasteiger partial charge in [-0.15, -0.1) is 11.3 Å². The Bertz CT molecular complexity index is 1410. The first-order valence-electron chi connectivity index (χ1n) is 10.6. The SMILES string of the molecule is Cn1cc(-c2ccc(C(F)(F)F)cc2C2=CCNCC2)c2ccc(S(=O)Nc3nccs3)cc21. The van der Waals surface area contributed by atoms with Gasteiger partial charge >= 0.3 is 6.18 Å². The molecule has 1 unspecified atom stereocenters. The van der Waals surface area contributed by atoms with Crippen LogP contribution >= 0.6 is 11.3 Å². The van der Waals surface area contributed by atoms with Gasteiger partial charge in [0.05, 0.1) is 10.5 Å². The van der Waals surface area contributed by atoms with Crippen molar-refractivity contribution in [2.75, 3.05) is 17.8 Å². The Morgan fingerprint density at radius 2 is 2.00 bits per heavy atom. The molecule has 0 aliphatic carbocycles. The highest BCUT2D eigenvalue weighted by Gasteiger charge is 2.31. The molecule has 5 nitrogen and oxygen atoms in total. The molecule has 0 fully saturated rings. The van der Waals surface area contributed by atoms with E-state index < -0.39 is 22.7 Å². The van der Waals surface area contributed by atoms with Crippen LogP contribution < -0.4 is 10.0 Å². The van der Waals surface area contributed by atoms with E-state index in [0.29, 0.717) is 28.6 Å². The number of anilines is 1. The number of aromatic nitrogens is 2. The summed E-state index contributed by atoms with van der Waals surface area (Å²) in [6.45, 7) is 1.35. The molecule has 3 heterocycles. The lowest BCUT2D eigenvalue weighted by Gasteiger charge is -2.19. The number of nitrogens with one attached hydrogen (secondary N) is 2. The lowest BCUT2D eigenvalue weighted by molar-refractivity contribution is -0.137. The van der Waals surface area contributed by atoms with Gasteiger partial charge in [0, 0.05) is 47.8 Å². The van der Waals surface area contributed by atoms with Crippen molar-refractivity contribution < 1.29 is 17.4 Å². The van der Waals surface area contributed by atoms with E-state index in [9.17, 15) is 17.4 Å². The maximum absolute atomic E-state index is 13.5. The van der Waals surface area contributed by atoms with Gasteiger partial charge in [0.15, 0.2) is 16.1 Å². The van der Waals surface area contributed by atoms with E-state index in [1.54, 1.807) is 23.7 Å². The number of fused-ring (bicyclic) bond motifs is 1. The van der Waals surface area contributed by atoms with E-state index in [0.717, 1.165) is 40.2 Å². The molecule has 10 heteroatoms. The molecule has 34 heavy (non-hydrogen) atoms. The fourth-order valence-corrected chi connectivity index (χ4v) is 5.73. The van der Waals surface area contributed by atoms with Crippen LogP contribution in [-0.2, 0) is 24.2 Å². The van der Waals surface area contributed by atoms with Gasteiger partial charge in [0.2, 0.25) is 0 Å². The predicted octanol–water partition coefficient (Wildman–Crippen LogP) is 5.83. The number of thiazole rings is 1. The molecule has 1 aliphatic heterocycles. The third-order valence-electron chi connectivity index (χ3n) is 5.84. The first kappa shape index (κ1) is 22.8. The second kappa shape index (κ2) is 9.01. The molecule has 4 aromatic rings. The number of hydrogen-bond acceptors (Lipinski definition) is 4. The fraction of sp³-hybridized carbons (Fsp3) is 0.208. The molecule has 0 spiro atoms. The lowest BCUT2D eigenvalue weighted by Crippen LogP contribution is -2.20. The van der Waals surface area contributed by atoms with Crippen molar-refractivity contribution in [3.63, 3.8) is 0 Å². The minimum Gasteiger partial charge on any atom is -0.350 e. The molecule has 0 bridgehead atoms. The third kappa shape index (κ3) is 4.40. The minimum absolute atomic E-state index is 0.565. The van der Waals surface area contributed by atoms with Crippen molar-refractivity contribution in [1.82, 2.24) is 14.9 Å². The zero-order chi connectivity index (χ0) is 23.9. The number of hydrogen-bond donors (Lipinski definition) is 2. The van der Waals surface area contributed by atoms with E-state index in [1.807, 2.05) is 36.0 Å². The Hall–Kier alpha value is -2.95. The van der Waals surface area contributed by atoms with Crippen LogP contribution in [0.1, 0.15) is 17.5 Å². The Morgan fingerprint density at radius 3 is 2.71 bits per heavy atom. The topological polar surface area (TPSA) is 59.0 Å². The first-order valence-corrected chi connectivity index (χ1v) is 12.6. The summed E-state index contributed by atoms with van der Waals surface area (Å²) in [5.41, 5.74) is 3.28. The molecule has 0 saturated heterocycles. The largest absolute Gasteiger partial charge is 0.416 e. The zero-order valence-corrected chi connectivity index (χ0v) is 19.8. The number of halogens is 3. The molecule has 176 valence electrons. The van der Waals surface area contributed by atoms with Gasteiger partial charge in [-0.2, -0.15) is 13.2 Å². The zero-order valence-electron chi connectivity index (χ0n) is 18.1. The third-order valence-corrected chi connectivity index (χ3v) is 7.71. The van der Waals surface area contributed by atoms with Crippen molar-refractivity contribution >= 4 is 43.9 Å². The Morgan fingerprint density at radius 1 is 1.15 bits per heavy atom. The summed E-state index contributed by atoms with van der Waals surface area (Å²) >= 11 is 1.36. The van der Waals surface area contributed by atoms with Crippen LogP contribution in [0, 0.1) is 0 Å². The minimum atomic E-state index is -4.41. The lowest BCUT2D eigenvalue weighted by atomic mass is 9.90. The van der Waals surface area contributed by atoms with Crippen LogP contribution in [0.4, 0.5) is 18.3 Å². The van der Waals surface area contributed by atoms with Gasteiger partial charge in [0.1, 0.15) is 0 Å². The molecule has 2 aromatic heterocycles. The predicted molar refractivity (Wildman–Crippen MR) is 131 cm³/mol. The number of aryl methyl sites for hydroxylation is 1. The molecule has 2 aromatic carbocycles. The van der Waals surface area contributed by atoms with Gasteiger partial charge in [-0.25, -0.2) is 9.19 Å². The van der Waals surface area contributed by atoms with Gasteiger partial charge in [-0.05, 0) is 53.9 Å². The average molecular weight is 503 g/mol. The van der Waals surface area contributed by atoms with E-state index >= 15 is 0 Å². The Labute approximate surface area is 200 Å². The van der Waals surface area contributed by atoms with E-state index in [4.69, 9.17) is 0 Å². The van der Waals surface area contributed by atoms with E-state index in [-0.39, 0.29) is 0 Å². The molecule has 0 amide bonds. The average Bonchev–Trinajstić information content (AvgIpc) is 3.46. The highest BCUT2D eigenvalue weighted by molar-refractivity contribution is 7.86. The standard InChI is InChI=1S/C24H21F3N4OS2/c1-31-14-21(19-5-3-17(13-22(19)31)34(32)30-23-29-10-11-33-23)18-4-2-16(24(25,26)27)12-20(18)15-6-8-28-9-7-15/h2-6,10-14,28H,7-9H2,1H3,(H,29,30). The van der Waals surface area contributed by atoms with Gasteiger partial charge in [-0.3, -0.25) is 4.72 Å². The molecular weight excluding hydrogens is 481 g/mol. The van der Waals surface area contributed by atoms with Crippen molar-refractivity contribution in [2.24, 2.45) is 7.05 Å². The van der Waals surface area contributed by atoms with Crippen LogP contribution in [-0.4, -0.2) is 26.8 Å². The molecular formula is C24H21F3N4OS2. The van der Waals surface area contributed by atoms with Crippen molar-refractivity contribution in [1.29, 1.82) is 0 Å². The summed E-state index contributed by atoms with van der Waals surface area (Å²) in [7, 11) is 0.385. The van der Waals surface area contributed by atoms with Crippen molar-refractivity contribution in [3.8, 4) is 11.1 Å². The highest BCUT2D eigenvalue weighted by atomic mass is 32.2. The van der Waals surface area contributed by atoms with Crippen LogP contribution in [0.5, 0.6) is 0 Å². The Balaban J connectivity index is 1.60. The summed E-state index contributed by atoms with van der Waals surface area (Å²) in [5.74, 6) is 0. The van der Waals surface area contributed by atoms with Gasteiger partial charge in [-0.1, -0.05) is 18.2 Å². The molecule has 0 saturated carbocycles. The van der Waals surface area contributed by atoms with E-state index in [2.05, 4.69) is 15.0 Å². The fourth-order valence-electron chi connectivity index (χ4n) is 4.19. The summed E-state index contributed by atoms with van der Waals surface area (Å²) in [4.78, 5) is 4.69. The number of nitrogens with zero attached hydrogens (tertiary/aromatic N) is 2. The van der Waals surface area contributed by atoms with Crippen molar-refractivity contribution in [2.45, 2.75) is 17.5 Å². The summed E-state index contributed by atoms with van der Waals surface area (Å²) < 4.78 is 58.1. The van der Waals surface area contributed by atoms with Crippen LogP contribution in [0.15, 0.2) is 65.1 Å². The number of rotatable bonds is 5. The van der Waals surface area contributed by atoms with Crippen LogP contribution in [0.2, 0.25) is 0 Å². The molecule has 5 rings (SSSR count). The molecule has 1 aliphatic rings. The summed E-state index contributed by atoms with van der Waals surface area (Å²) in [5, 5.41) is 6.46. The molecule has 0 radical (unpaired) electrons.